The van der Waals surface area contributed by atoms with Crippen molar-refractivity contribution in [2.24, 2.45) is 0 Å². The summed E-state index contributed by atoms with van der Waals surface area (Å²) in [6, 6.07) is 10.3. The molecule has 1 aliphatic heterocycles. The lowest BCUT2D eigenvalue weighted by Gasteiger charge is -2.43. The van der Waals surface area contributed by atoms with Gasteiger partial charge < -0.3 is 10.4 Å². The Morgan fingerprint density at radius 2 is 1.89 bits per heavy atom. The molecule has 1 fully saturated rings. The smallest absolute Gasteiger partial charge is 0.290 e. The normalized spacial score (nSPS) is 15.3. The lowest BCUT2D eigenvalue weighted by molar-refractivity contribution is -0.124. The zero-order valence-corrected chi connectivity index (χ0v) is 16.3. The average molecular weight is 372 g/mol. The van der Waals surface area contributed by atoms with Crippen LogP contribution in [0.15, 0.2) is 30.3 Å². The van der Waals surface area contributed by atoms with E-state index in [1.807, 2.05) is 38.1 Å². The van der Waals surface area contributed by atoms with E-state index in [1.165, 1.54) is 11.3 Å². The highest BCUT2D eigenvalue weighted by atomic mass is 16.3. The number of aryl methyl sites for hydroxylation is 3. The third kappa shape index (κ3) is 5.17. The summed E-state index contributed by atoms with van der Waals surface area (Å²) in [6.45, 7) is 9.72. The SMILES string of the molecule is CCC(C(=O)Nc1ccc(C)cc1)N1CC(n2nc(C)cc2C)C1.O=CO. The molecular formula is C20H28N4O3. The van der Waals surface area contributed by atoms with Crippen molar-refractivity contribution >= 4 is 18.1 Å². The standard InChI is InChI=1S/C19H26N4O.CH2O2/c1-5-18(19(24)20-16-8-6-13(2)7-9-16)22-11-17(12-22)23-15(4)10-14(3)21-23;2-1-3/h6-10,17-18H,5,11-12H2,1-4H3,(H,20,24);1H,(H,2,3). The third-order valence-electron chi connectivity index (χ3n) is 4.73. The molecule has 1 amide bonds. The van der Waals surface area contributed by atoms with Crippen molar-refractivity contribution in [1.29, 1.82) is 0 Å². The van der Waals surface area contributed by atoms with Gasteiger partial charge in [-0.1, -0.05) is 24.6 Å². The zero-order valence-electron chi connectivity index (χ0n) is 16.3. The number of carbonyl (C=O) groups excluding carboxylic acids is 1. The molecule has 1 aliphatic rings. The topological polar surface area (TPSA) is 87.5 Å². The third-order valence-corrected chi connectivity index (χ3v) is 4.73. The first kappa shape index (κ1) is 20.6. The van der Waals surface area contributed by atoms with Crippen LogP contribution in [0, 0.1) is 20.8 Å². The maximum absolute atomic E-state index is 12.6. The van der Waals surface area contributed by atoms with Gasteiger partial charge in [0.15, 0.2) is 0 Å². The Kier molecular flexibility index (Phi) is 7.12. The molecule has 0 saturated carbocycles. The summed E-state index contributed by atoms with van der Waals surface area (Å²) in [5.74, 6) is 0.0770. The van der Waals surface area contributed by atoms with E-state index in [0.717, 1.165) is 30.9 Å². The van der Waals surface area contributed by atoms with Crippen molar-refractivity contribution in [1.82, 2.24) is 14.7 Å². The lowest BCUT2D eigenvalue weighted by Crippen LogP contribution is -2.56. The van der Waals surface area contributed by atoms with E-state index in [2.05, 4.69) is 39.9 Å². The van der Waals surface area contributed by atoms with Crippen LogP contribution < -0.4 is 5.32 Å². The van der Waals surface area contributed by atoms with E-state index in [1.54, 1.807) is 0 Å². The van der Waals surface area contributed by atoms with Gasteiger partial charge in [0.2, 0.25) is 5.91 Å². The number of hydrogen-bond donors (Lipinski definition) is 2. The number of carbonyl (C=O) groups is 2. The second kappa shape index (κ2) is 9.32. The molecule has 146 valence electrons. The molecule has 2 N–H and O–H groups in total. The highest BCUT2D eigenvalue weighted by molar-refractivity contribution is 5.94. The van der Waals surface area contributed by atoms with Gasteiger partial charge in [-0.05, 0) is 45.4 Å². The predicted molar refractivity (Wildman–Crippen MR) is 105 cm³/mol. The van der Waals surface area contributed by atoms with Crippen LogP contribution in [-0.2, 0) is 9.59 Å². The molecule has 27 heavy (non-hydrogen) atoms. The summed E-state index contributed by atoms with van der Waals surface area (Å²) in [5, 5.41) is 14.5. The van der Waals surface area contributed by atoms with Crippen LogP contribution in [0.1, 0.15) is 36.3 Å². The van der Waals surface area contributed by atoms with Crippen LogP contribution in [0.2, 0.25) is 0 Å². The molecule has 2 aromatic rings. The molecule has 0 aliphatic carbocycles. The van der Waals surface area contributed by atoms with Crippen LogP contribution in [0.4, 0.5) is 5.69 Å². The van der Waals surface area contributed by atoms with Gasteiger partial charge in [-0.2, -0.15) is 5.10 Å². The lowest BCUT2D eigenvalue weighted by atomic mass is 10.0. The maximum atomic E-state index is 12.6. The van der Waals surface area contributed by atoms with Crippen LogP contribution in [0.5, 0.6) is 0 Å². The molecule has 1 atom stereocenters. The molecule has 1 aromatic heterocycles. The molecular weight excluding hydrogens is 344 g/mol. The second-order valence-electron chi connectivity index (χ2n) is 6.86. The Bertz CT molecular complexity index is 764. The van der Waals surface area contributed by atoms with Crippen LogP contribution in [0.25, 0.3) is 0 Å². The van der Waals surface area contributed by atoms with E-state index in [-0.39, 0.29) is 18.4 Å². The minimum absolute atomic E-state index is 0.0770. The molecule has 7 heteroatoms. The molecule has 3 rings (SSSR count). The first-order valence-corrected chi connectivity index (χ1v) is 9.11. The van der Waals surface area contributed by atoms with Gasteiger partial charge in [-0.25, -0.2) is 0 Å². The van der Waals surface area contributed by atoms with E-state index < -0.39 is 0 Å². The van der Waals surface area contributed by atoms with Gasteiger partial charge in [0.05, 0.1) is 17.8 Å². The molecule has 1 aromatic carbocycles. The molecule has 0 bridgehead atoms. The maximum Gasteiger partial charge on any atom is 0.290 e. The predicted octanol–water partition coefficient (Wildman–Crippen LogP) is 2.78. The molecule has 7 nitrogen and oxygen atoms in total. The first-order chi connectivity index (χ1) is 12.9. The fourth-order valence-electron chi connectivity index (χ4n) is 3.38. The Labute approximate surface area is 160 Å². The number of amides is 1. The number of rotatable bonds is 5. The quantitative estimate of drug-likeness (QED) is 0.788. The summed E-state index contributed by atoms with van der Waals surface area (Å²) in [6.07, 6.45) is 0.807. The van der Waals surface area contributed by atoms with Gasteiger partial charge in [-0.15, -0.1) is 0 Å². The van der Waals surface area contributed by atoms with Crippen molar-refractivity contribution in [3.63, 3.8) is 0 Å². The first-order valence-electron chi connectivity index (χ1n) is 9.11. The Morgan fingerprint density at radius 1 is 1.30 bits per heavy atom. The van der Waals surface area contributed by atoms with Gasteiger partial charge in [-0.3, -0.25) is 19.2 Å². The van der Waals surface area contributed by atoms with Crippen LogP contribution in [0.3, 0.4) is 0 Å². The largest absolute Gasteiger partial charge is 0.483 e. The van der Waals surface area contributed by atoms with Crippen molar-refractivity contribution in [3.8, 4) is 0 Å². The number of benzene rings is 1. The number of nitrogens with one attached hydrogen (secondary N) is 1. The highest BCUT2D eigenvalue weighted by Gasteiger charge is 2.36. The number of likely N-dealkylation sites (tertiary alicyclic amines) is 1. The van der Waals surface area contributed by atoms with Crippen molar-refractivity contribution in [2.45, 2.75) is 46.2 Å². The monoisotopic (exact) mass is 372 g/mol. The summed E-state index contributed by atoms with van der Waals surface area (Å²) in [7, 11) is 0. The Hall–Kier alpha value is -2.67. The van der Waals surface area contributed by atoms with Gasteiger partial charge >= 0.3 is 0 Å². The van der Waals surface area contributed by atoms with Crippen LogP contribution in [-0.4, -0.2) is 51.3 Å². The Morgan fingerprint density at radius 3 is 2.37 bits per heavy atom. The zero-order chi connectivity index (χ0) is 20.0. The fourth-order valence-corrected chi connectivity index (χ4v) is 3.38. The molecule has 0 spiro atoms. The fraction of sp³-hybridized carbons (Fsp3) is 0.450. The van der Waals surface area contributed by atoms with E-state index in [9.17, 15) is 4.79 Å². The minimum atomic E-state index is -0.250. The van der Waals surface area contributed by atoms with Crippen molar-refractivity contribution in [2.75, 3.05) is 18.4 Å². The number of carboxylic acid groups (broad SMARTS) is 1. The molecule has 1 unspecified atom stereocenters. The summed E-state index contributed by atoms with van der Waals surface area (Å²) >= 11 is 0. The molecule has 1 saturated heterocycles. The summed E-state index contributed by atoms with van der Waals surface area (Å²) < 4.78 is 2.09. The van der Waals surface area contributed by atoms with Gasteiger partial charge in [0, 0.05) is 24.5 Å². The van der Waals surface area contributed by atoms with E-state index in [4.69, 9.17) is 9.90 Å². The number of nitrogens with zero attached hydrogens (tertiary/aromatic N) is 3. The van der Waals surface area contributed by atoms with E-state index in [0.29, 0.717) is 6.04 Å². The Balaban J connectivity index is 0.000000817. The molecule has 0 radical (unpaired) electrons. The highest BCUT2D eigenvalue weighted by Crippen LogP contribution is 2.26. The van der Waals surface area contributed by atoms with Crippen molar-refractivity contribution in [3.05, 3.63) is 47.3 Å². The average Bonchev–Trinajstić information content (AvgIpc) is 2.91. The van der Waals surface area contributed by atoms with E-state index >= 15 is 0 Å². The van der Waals surface area contributed by atoms with Crippen LogP contribution >= 0.6 is 0 Å². The minimum Gasteiger partial charge on any atom is -0.483 e. The van der Waals surface area contributed by atoms with Gasteiger partial charge in [0.1, 0.15) is 0 Å². The number of hydrogen-bond acceptors (Lipinski definition) is 4. The van der Waals surface area contributed by atoms with Gasteiger partial charge in [0.25, 0.3) is 6.47 Å². The second-order valence-corrected chi connectivity index (χ2v) is 6.86. The summed E-state index contributed by atoms with van der Waals surface area (Å²) in [5.41, 5.74) is 4.29. The number of anilines is 1. The summed E-state index contributed by atoms with van der Waals surface area (Å²) in [4.78, 5) is 23.2. The molecule has 2 heterocycles. The van der Waals surface area contributed by atoms with Crippen molar-refractivity contribution < 1.29 is 14.7 Å². The number of aromatic nitrogens is 2.